The molecular formula is C45H63N5O14S. The average molecular weight is 930 g/mol. The number of carbonyl (C=O) groups excluding carboxylic acids is 6. The summed E-state index contributed by atoms with van der Waals surface area (Å²) in [7, 11) is 0. The van der Waals surface area contributed by atoms with E-state index >= 15 is 0 Å². The molecule has 3 aliphatic rings. The summed E-state index contributed by atoms with van der Waals surface area (Å²) in [5, 5.41) is 40.4. The van der Waals surface area contributed by atoms with Gasteiger partial charge in [0.15, 0.2) is 12.9 Å². The summed E-state index contributed by atoms with van der Waals surface area (Å²) in [4.78, 5) is 76.3. The van der Waals surface area contributed by atoms with Crippen molar-refractivity contribution >= 4 is 47.2 Å². The Labute approximate surface area is 383 Å². The summed E-state index contributed by atoms with van der Waals surface area (Å²) in [5.41, 5.74) is 2.12. The zero-order chi connectivity index (χ0) is 46.7. The van der Waals surface area contributed by atoms with E-state index in [-0.39, 0.29) is 131 Å². The number of hydrogen-bond acceptors (Lipinski definition) is 15. The Morgan fingerprint density at radius 3 is 2.17 bits per heavy atom. The summed E-state index contributed by atoms with van der Waals surface area (Å²) < 4.78 is 27.2. The van der Waals surface area contributed by atoms with Crippen LogP contribution in [0.2, 0.25) is 0 Å². The van der Waals surface area contributed by atoms with E-state index in [1.54, 1.807) is 37.3 Å². The summed E-state index contributed by atoms with van der Waals surface area (Å²) in [6, 6.07) is 14.3. The highest BCUT2D eigenvalue weighted by molar-refractivity contribution is 8.00. The molecule has 7 N–H and O–H groups in total. The molecule has 2 saturated heterocycles. The molecule has 0 bridgehead atoms. The molecule has 1 aliphatic carbocycles. The number of imide groups is 1. The van der Waals surface area contributed by atoms with Crippen LogP contribution in [0, 0.1) is 11.8 Å². The van der Waals surface area contributed by atoms with Crippen molar-refractivity contribution in [2.24, 2.45) is 11.8 Å². The van der Waals surface area contributed by atoms with Crippen molar-refractivity contribution in [3.05, 3.63) is 54.1 Å². The van der Waals surface area contributed by atoms with E-state index in [9.17, 15) is 44.1 Å². The van der Waals surface area contributed by atoms with Crippen LogP contribution in [-0.2, 0) is 42.9 Å². The zero-order valence-corrected chi connectivity index (χ0v) is 37.8. The number of aliphatic hydroxyl groups excluding tert-OH is 3. The van der Waals surface area contributed by atoms with Crippen LogP contribution in [0.4, 0.5) is 0 Å². The van der Waals surface area contributed by atoms with Crippen molar-refractivity contribution in [1.29, 1.82) is 0 Å². The minimum absolute atomic E-state index is 0.0528. The van der Waals surface area contributed by atoms with E-state index in [1.807, 2.05) is 24.5 Å². The highest BCUT2D eigenvalue weighted by Gasteiger charge is 2.42. The molecule has 0 radical (unpaired) electrons. The van der Waals surface area contributed by atoms with Crippen molar-refractivity contribution in [1.82, 2.24) is 26.2 Å². The monoisotopic (exact) mass is 929 g/mol. The molecule has 2 heterocycles. The van der Waals surface area contributed by atoms with Gasteiger partial charge in [0.05, 0.1) is 44.4 Å². The fourth-order valence-corrected chi connectivity index (χ4v) is 8.28. The predicted molar refractivity (Wildman–Crippen MR) is 237 cm³/mol. The van der Waals surface area contributed by atoms with Gasteiger partial charge in [0.1, 0.15) is 24.1 Å². The zero-order valence-electron chi connectivity index (χ0n) is 36.9. The quantitative estimate of drug-likeness (QED) is 0.0525. The predicted octanol–water partition coefficient (Wildman–Crippen LogP) is 0.375. The van der Waals surface area contributed by atoms with Gasteiger partial charge < -0.3 is 60.3 Å². The summed E-state index contributed by atoms with van der Waals surface area (Å²) >= 11 is 1.41. The number of hydrogen-bond donors (Lipinski definition) is 7. The van der Waals surface area contributed by atoms with Crippen LogP contribution in [0.3, 0.4) is 0 Å². The molecule has 2 aliphatic heterocycles. The van der Waals surface area contributed by atoms with Crippen molar-refractivity contribution < 1.29 is 67.8 Å². The maximum absolute atomic E-state index is 12.9. The number of amides is 6. The molecule has 358 valence electrons. The number of rotatable bonds is 25. The Hall–Kier alpha value is -4.67. The average Bonchev–Trinajstić information content (AvgIpc) is 3.59. The van der Waals surface area contributed by atoms with Gasteiger partial charge in [-0.1, -0.05) is 24.3 Å². The molecule has 2 aromatic carbocycles. The van der Waals surface area contributed by atoms with Gasteiger partial charge in [0.25, 0.3) is 11.8 Å². The van der Waals surface area contributed by atoms with E-state index in [0.29, 0.717) is 30.7 Å². The minimum Gasteiger partial charge on any atom is -0.484 e. The fraction of sp³-hybridized carbons (Fsp3) is 0.600. The lowest BCUT2D eigenvalue weighted by Gasteiger charge is -2.38. The number of thioether (sulfide) groups is 1. The Morgan fingerprint density at radius 2 is 1.46 bits per heavy atom. The first kappa shape index (κ1) is 51.3. The molecule has 0 spiro atoms. The third kappa shape index (κ3) is 16.0. The van der Waals surface area contributed by atoms with Crippen LogP contribution in [0.15, 0.2) is 48.5 Å². The number of aliphatic hydroxyl groups is 3. The first-order valence-corrected chi connectivity index (χ1v) is 23.4. The highest BCUT2D eigenvalue weighted by atomic mass is 32.2. The normalized spacial score (nSPS) is 24.4. The number of likely N-dealkylation sites (tertiary alicyclic amines) is 1. The van der Waals surface area contributed by atoms with Gasteiger partial charge in [-0.15, -0.1) is 0 Å². The van der Waals surface area contributed by atoms with E-state index in [1.165, 1.54) is 16.7 Å². The second-order valence-corrected chi connectivity index (χ2v) is 17.2. The number of nitrogens with zero attached hydrogens (tertiary/aromatic N) is 1. The van der Waals surface area contributed by atoms with Crippen LogP contribution in [0.25, 0.3) is 11.1 Å². The lowest BCUT2D eigenvalue weighted by Crippen LogP contribution is -2.57. The van der Waals surface area contributed by atoms with Gasteiger partial charge in [0.2, 0.25) is 23.6 Å². The SMILES string of the molecule is CSC1CC(=O)N(CC2CCC(C(=O)NCCNC(=O)c3cccc(-c4ccc(OCC(=O)NCCOCCC(=O)NCCOCCO[C@@H]5O[C@@H](C)[C@H](O)[C@@H](O)[C@H]5O)cc4)c3)CC2)C1=O. The minimum atomic E-state index is -1.38. The standard InChI is InChI=1S/C45H63N5O14S/c1-28-39(54)40(55)41(56)45(64-28)62-23-22-61-21-17-46-36(51)14-19-60-20-18-47-37(52)27-63-34-12-10-30(11-13-34)32-4-3-5-33(24-32)43(58)49-16-15-48-42(57)31-8-6-29(7-9-31)26-50-38(53)25-35(65-2)44(50)59/h3-5,10-13,24,28-29,31,35,39-41,45,54-56H,6-9,14-23,25-27H2,1-2H3,(H,46,51)(H,47,52)(H,48,57)(H,49,58)/t28-,29?,31?,35?,39-,40+,41+,45+/m0/s1. The molecule has 65 heavy (non-hydrogen) atoms. The van der Waals surface area contributed by atoms with Crippen LogP contribution >= 0.6 is 11.8 Å². The van der Waals surface area contributed by atoms with Crippen LogP contribution < -0.4 is 26.0 Å². The Bertz CT molecular complexity index is 1880. The van der Waals surface area contributed by atoms with Gasteiger partial charge in [-0.05, 0) is 80.2 Å². The number of carbonyl (C=O) groups is 6. The molecule has 3 fully saturated rings. The lowest BCUT2D eigenvalue weighted by molar-refractivity contribution is -0.294. The lowest BCUT2D eigenvalue weighted by atomic mass is 9.81. The van der Waals surface area contributed by atoms with Crippen LogP contribution in [0.5, 0.6) is 5.75 Å². The molecule has 20 heteroatoms. The van der Waals surface area contributed by atoms with E-state index in [2.05, 4.69) is 21.3 Å². The van der Waals surface area contributed by atoms with Gasteiger partial charge in [-0.25, -0.2) is 0 Å². The van der Waals surface area contributed by atoms with Crippen molar-refractivity contribution in [2.45, 2.75) is 81.4 Å². The molecule has 19 nitrogen and oxygen atoms in total. The van der Waals surface area contributed by atoms with E-state index < -0.39 is 30.7 Å². The maximum atomic E-state index is 12.9. The molecule has 5 rings (SSSR count). The topological polar surface area (TPSA) is 261 Å². The Balaban J connectivity index is 0.864. The van der Waals surface area contributed by atoms with Gasteiger partial charge in [-0.2, -0.15) is 11.8 Å². The largest absolute Gasteiger partial charge is 0.484 e. The van der Waals surface area contributed by atoms with Gasteiger partial charge in [-0.3, -0.25) is 33.7 Å². The van der Waals surface area contributed by atoms with Crippen LogP contribution in [-0.4, -0.2) is 170 Å². The van der Waals surface area contributed by atoms with Gasteiger partial charge in [0, 0.05) is 57.0 Å². The second-order valence-electron chi connectivity index (χ2n) is 16.2. The maximum Gasteiger partial charge on any atom is 0.258 e. The number of benzene rings is 2. The Kier molecular flexibility index (Phi) is 20.9. The van der Waals surface area contributed by atoms with E-state index in [0.717, 1.165) is 24.0 Å². The fourth-order valence-electron chi connectivity index (χ4n) is 7.64. The number of ether oxygens (including phenoxy) is 5. The molecule has 6 amide bonds. The van der Waals surface area contributed by atoms with Gasteiger partial charge >= 0.3 is 0 Å². The first-order valence-electron chi connectivity index (χ1n) is 22.1. The molecule has 1 unspecified atom stereocenters. The van der Waals surface area contributed by atoms with E-state index in [4.69, 9.17) is 23.7 Å². The number of nitrogens with one attached hydrogen (secondary N) is 4. The van der Waals surface area contributed by atoms with Crippen molar-refractivity contribution in [2.75, 3.05) is 78.6 Å². The molecule has 2 aromatic rings. The molecule has 1 saturated carbocycles. The highest BCUT2D eigenvalue weighted by Crippen LogP contribution is 2.32. The third-order valence-electron chi connectivity index (χ3n) is 11.5. The third-order valence-corrected chi connectivity index (χ3v) is 12.4. The molecule has 0 aromatic heterocycles. The molecular weight excluding hydrogens is 867 g/mol. The summed E-state index contributed by atoms with van der Waals surface area (Å²) in [5.74, 6) is -0.548. The summed E-state index contributed by atoms with van der Waals surface area (Å²) in [6.07, 6.45) is -0.582. The Morgan fingerprint density at radius 1 is 0.769 bits per heavy atom. The van der Waals surface area contributed by atoms with Crippen molar-refractivity contribution in [3.63, 3.8) is 0 Å². The molecule has 6 atom stereocenters. The summed E-state index contributed by atoms with van der Waals surface area (Å²) in [6.45, 7) is 3.66. The first-order chi connectivity index (χ1) is 31.3. The smallest absolute Gasteiger partial charge is 0.258 e. The van der Waals surface area contributed by atoms with Crippen molar-refractivity contribution in [3.8, 4) is 16.9 Å². The van der Waals surface area contributed by atoms with Crippen LogP contribution in [0.1, 0.15) is 55.8 Å². The second kappa shape index (κ2) is 26.5.